The van der Waals surface area contributed by atoms with Crippen molar-refractivity contribution in [3.05, 3.63) is 16.0 Å². The molecule has 1 aromatic rings. The van der Waals surface area contributed by atoms with Crippen LogP contribution >= 0.6 is 27.5 Å². The molecule has 4 nitrogen and oxygen atoms in total. The molecular weight excluding hydrogens is 316 g/mol. The molecule has 0 radical (unpaired) electrons. The molecular formula is C12H18BrClN4. The van der Waals surface area contributed by atoms with Crippen LogP contribution in [0.4, 0.5) is 5.82 Å². The summed E-state index contributed by atoms with van der Waals surface area (Å²) in [6.07, 6.45) is 7.06. The molecule has 6 heteroatoms. The zero-order valence-electron chi connectivity index (χ0n) is 10.3. The number of likely N-dealkylation sites (tertiary alicyclic amines) is 1. The van der Waals surface area contributed by atoms with Crippen molar-refractivity contribution in [3.8, 4) is 0 Å². The van der Waals surface area contributed by atoms with Crippen molar-refractivity contribution in [2.24, 2.45) is 0 Å². The maximum absolute atomic E-state index is 5.77. The van der Waals surface area contributed by atoms with Crippen molar-refractivity contribution in [2.75, 3.05) is 31.5 Å². The molecule has 0 saturated carbocycles. The van der Waals surface area contributed by atoms with Gasteiger partial charge in [0.25, 0.3) is 0 Å². The molecule has 1 N–H and O–H groups in total. The summed E-state index contributed by atoms with van der Waals surface area (Å²) in [6, 6.07) is 0. The second-order valence-corrected chi connectivity index (χ2v) is 5.71. The van der Waals surface area contributed by atoms with E-state index in [-0.39, 0.29) is 5.28 Å². The molecule has 0 aromatic carbocycles. The molecule has 2 heterocycles. The summed E-state index contributed by atoms with van der Waals surface area (Å²) < 4.78 is 0.850. The van der Waals surface area contributed by atoms with Gasteiger partial charge < -0.3 is 10.2 Å². The number of aromatic nitrogens is 2. The second kappa shape index (κ2) is 7.26. The van der Waals surface area contributed by atoms with Crippen LogP contribution in [0.1, 0.15) is 25.7 Å². The Morgan fingerprint density at radius 1 is 1.28 bits per heavy atom. The summed E-state index contributed by atoms with van der Waals surface area (Å²) >= 11 is 9.18. The first-order valence-electron chi connectivity index (χ1n) is 6.40. The molecule has 0 bridgehead atoms. The third-order valence-electron chi connectivity index (χ3n) is 3.13. The van der Waals surface area contributed by atoms with Gasteiger partial charge in [-0.3, -0.25) is 0 Å². The lowest BCUT2D eigenvalue weighted by molar-refractivity contribution is 0.296. The average Bonchev–Trinajstić information content (AvgIpc) is 2.62. The van der Waals surface area contributed by atoms with Crippen molar-refractivity contribution in [3.63, 3.8) is 0 Å². The zero-order valence-corrected chi connectivity index (χ0v) is 12.7. The first-order valence-corrected chi connectivity index (χ1v) is 7.57. The molecule has 1 aliphatic heterocycles. The summed E-state index contributed by atoms with van der Waals surface area (Å²) in [4.78, 5) is 10.6. The van der Waals surface area contributed by atoms with Gasteiger partial charge in [-0.1, -0.05) is 12.8 Å². The fourth-order valence-corrected chi connectivity index (χ4v) is 2.63. The van der Waals surface area contributed by atoms with E-state index in [0.717, 1.165) is 23.4 Å². The topological polar surface area (TPSA) is 41.1 Å². The molecule has 100 valence electrons. The van der Waals surface area contributed by atoms with Gasteiger partial charge >= 0.3 is 0 Å². The first kappa shape index (κ1) is 14.0. The van der Waals surface area contributed by atoms with E-state index in [1.165, 1.54) is 38.8 Å². The summed E-state index contributed by atoms with van der Waals surface area (Å²) in [6.45, 7) is 4.36. The van der Waals surface area contributed by atoms with Crippen LogP contribution in [0.5, 0.6) is 0 Å². The SMILES string of the molecule is Clc1ncc(Br)c(NCCN2CCCCCC2)n1. The monoisotopic (exact) mass is 332 g/mol. The lowest BCUT2D eigenvalue weighted by Crippen LogP contribution is -2.30. The number of hydrogen-bond donors (Lipinski definition) is 1. The molecule has 0 aliphatic carbocycles. The number of halogens is 2. The molecule has 1 saturated heterocycles. The predicted octanol–water partition coefficient (Wildman–Crippen LogP) is 3.18. The van der Waals surface area contributed by atoms with Gasteiger partial charge in [-0.2, -0.15) is 4.98 Å². The molecule has 18 heavy (non-hydrogen) atoms. The Balaban J connectivity index is 1.78. The average molecular weight is 334 g/mol. The normalized spacial score (nSPS) is 17.4. The Bertz CT molecular complexity index is 380. The van der Waals surface area contributed by atoms with Crippen molar-refractivity contribution in [1.29, 1.82) is 0 Å². The summed E-state index contributed by atoms with van der Waals surface area (Å²) in [5.74, 6) is 0.768. The van der Waals surface area contributed by atoms with Crippen LogP contribution in [0.25, 0.3) is 0 Å². The quantitative estimate of drug-likeness (QED) is 0.859. The summed E-state index contributed by atoms with van der Waals surface area (Å²) in [5, 5.41) is 3.57. The van der Waals surface area contributed by atoms with Crippen LogP contribution in [-0.2, 0) is 0 Å². The maximum Gasteiger partial charge on any atom is 0.224 e. The van der Waals surface area contributed by atoms with Gasteiger partial charge in [-0.25, -0.2) is 4.98 Å². The van der Waals surface area contributed by atoms with E-state index in [4.69, 9.17) is 11.6 Å². The van der Waals surface area contributed by atoms with Crippen molar-refractivity contribution >= 4 is 33.3 Å². The highest BCUT2D eigenvalue weighted by Crippen LogP contribution is 2.19. The minimum absolute atomic E-state index is 0.274. The molecule has 0 spiro atoms. The lowest BCUT2D eigenvalue weighted by atomic mass is 10.2. The van der Waals surface area contributed by atoms with Crippen LogP contribution in [0.15, 0.2) is 10.7 Å². The fourth-order valence-electron chi connectivity index (χ4n) is 2.16. The van der Waals surface area contributed by atoms with Gasteiger partial charge in [0.2, 0.25) is 5.28 Å². The number of nitrogens with zero attached hydrogens (tertiary/aromatic N) is 3. The van der Waals surface area contributed by atoms with E-state index < -0.39 is 0 Å². The molecule has 0 amide bonds. The lowest BCUT2D eigenvalue weighted by Gasteiger charge is -2.20. The van der Waals surface area contributed by atoms with Crippen LogP contribution in [0.2, 0.25) is 5.28 Å². The van der Waals surface area contributed by atoms with Crippen molar-refractivity contribution in [2.45, 2.75) is 25.7 Å². The minimum Gasteiger partial charge on any atom is -0.368 e. The van der Waals surface area contributed by atoms with E-state index in [2.05, 4.69) is 36.1 Å². The Morgan fingerprint density at radius 2 is 2.00 bits per heavy atom. The van der Waals surface area contributed by atoms with Gasteiger partial charge in [0.1, 0.15) is 5.82 Å². The largest absolute Gasteiger partial charge is 0.368 e. The maximum atomic E-state index is 5.77. The molecule has 2 rings (SSSR count). The molecule has 0 atom stereocenters. The standard InChI is InChI=1S/C12H18BrClN4/c13-10-9-16-12(14)17-11(10)15-5-8-18-6-3-1-2-4-7-18/h9H,1-8H2,(H,15,16,17). The van der Waals surface area contributed by atoms with Gasteiger partial charge in [-0.05, 0) is 53.5 Å². The Morgan fingerprint density at radius 3 is 2.72 bits per heavy atom. The van der Waals surface area contributed by atoms with E-state index in [1.807, 2.05) is 0 Å². The van der Waals surface area contributed by atoms with Crippen LogP contribution in [0, 0.1) is 0 Å². The Labute approximate surface area is 121 Å². The minimum atomic E-state index is 0.274. The van der Waals surface area contributed by atoms with E-state index in [0.29, 0.717) is 0 Å². The molecule has 0 unspecified atom stereocenters. The molecule has 1 aromatic heterocycles. The predicted molar refractivity (Wildman–Crippen MR) is 78.1 cm³/mol. The second-order valence-electron chi connectivity index (χ2n) is 4.52. The van der Waals surface area contributed by atoms with E-state index in [1.54, 1.807) is 6.20 Å². The molecule has 1 aliphatic rings. The highest BCUT2D eigenvalue weighted by molar-refractivity contribution is 9.10. The van der Waals surface area contributed by atoms with E-state index >= 15 is 0 Å². The van der Waals surface area contributed by atoms with Crippen molar-refractivity contribution < 1.29 is 0 Å². The molecule has 1 fully saturated rings. The third-order valence-corrected chi connectivity index (χ3v) is 3.90. The summed E-state index contributed by atoms with van der Waals surface area (Å²) in [7, 11) is 0. The number of hydrogen-bond acceptors (Lipinski definition) is 4. The smallest absolute Gasteiger partial charge is 0.224 e. The Hall–Kier alpha value is -0.390. The van der Waals surface area contributed by atoms with Gasteiger partial charge in [0.05, 0.1) is 4.47 Å². The zero-order chi connectivity index (χ0) is 12.8. The van der Waals surface area contributed by atoms with Crippen molar-refractivity contribution in [1.82, 2.24) is 14.9 Å². The van der Waals surface area contributed by atoms with Crippen LogP contribution in [-0.4, -0.2) is 41.0 Å². The fraction of sp³-hybridized carbons (Fsp3) is 0.667. The number of rotatable bonds is 4. The Kier molecular flexibility index (Phi) is 5.66. The summed E-state index contributed by atoms with van der Waals surface area (Å²) in [5.41, 5.74) is 0. The van der Waals surface area contributed by atoms with Gasteiger partial charge in [0, 0.05) is 19.3 Å². The highest BCUT2D eigenvalue weighted by atomic mass is 79.9. The number of anilines is 1. The van der Waals surface area contributed by atoms with Gasteiger partial charge in [0.15, 0.2) is 0 Å². The van der Waals surface area contributed by atoms with E-state index in [9.17, 15) is 0 Å². The van der Waals surface area contributed by atoms with Gasteiger partial charge in [-0.15, -0.1) is 0 Å². The van der Waals surface area contributed by atoms with Crippen LogP contribution < -0.4 is 5.32 Å². The third kappa shape index (κ3) is 4.37. The van der Waals surface area contributed by atoms with Crippen LogP contribution in [0.3, 0.4) is 0 Å². The number of nitrogens with one attached hydrogen (secondary N) is 1. The highest BCUT2D eigenvalue weighted by Gasteiger charge is 2.09. The first-order chi connectivity index (χ1) is 8.75.